The molecule has 1 unspecified atom stereocenters. The lowest BCUT2D eigenvalue weighted by atomic mass is 9.97. The summed E-state index contributed by atoms with van der Waals surface area (Å²) in [7, 11) is 1.00. The molecule has 3 N–H and O–H groups in total. The minimum atomic E-state index is 0.583. The first-order valence-electron chi connectivity index (χ1n) is 7.96. The maximum Gasteiger partial charge on any atom is 0.0342 e. The molecule has 3 heteroatoms. The number of anilines is 1. The highest BCUT2D eigenvalue weighted by atomic mass is 16.2. The van der Waals surface area contributed by atoms with Crippen molar-refractivity contribution in [2.24, 2.45) is 0 Å². The third-order valence-electron chi connectivity index (χ3n) is 4.35. The molecular weight excluding hydrogens is 248 g/mol. The SMILES string of the molecule is CO.c1cc(C2CCCCN2)ccc1NC1CCCC1. The third kappa shape index (κ3) is 4.22. The van der Waals surface area contributed by atoms with Crippen molar-refractivity contribution in [2.75, 3.05) is 19.0 Å². The van der Waals surface area contributed by atoms with Crippen LogP contribution in [0.1, 0.15) is 56.6 Å². The van der Waals surface area contributed by atoms with Crippen LogP contribution in [0.3, 0.4) is 0 Å². The van der Waals surface area contributed by atoms with Crippen LogP contribution < -0.4 is 10.6 Å². The molecule has 0 spiro atoms. The minimum Gasteiger partial charge on any atom is -0.400 e. The van der Waals surface area contributed by atoms with Crippen LogP contribution in [0.25, 0.3) is 0 Å². The van der Waals surface area contributed by atoms with Crippen LogP contribution in [0.15, 0.2) is 24.3 Å². The molecule has 2 aliphatic rings. The van der Waals surface area contributed by atoms with Crippen molar-refractivity contribution < 1.29 is 5.11 Å². The van der Waals surface area contributed by atoms with Crippen LogP contribution >= 0.6 is 0 Å². The lowest BCUT2D eigenvalue weighted by molar-refractivity contribution is 0.399. The Bertz CT molecular complexity index is 365. The van der Waals surface area contributed by atoms with Gasteiger partial charge < -0.3 is 15.7 Å². The molecule has 0 bridgehead atoms. The molecule has 1 heterocycles. The first-order valence-corrected chi connectivity index (χ1v) is 7.96. The van der Waals surface area contributed by atoms with Gasteiger partial charge in [-0.15, -0.1) is 0 Å². The molecule has 0 radical (unpaired) electrons. The largest absolute Gasteiger partial charge is 0.400 e. The zero-order chi connectivity index (χ0) is 14.2. The number of aliphatic hydroxyl groups is 1. The molecule has 3 rings (SSSR count). The van der Waals surface area contributed by atoms with E-state index in [-0.39, 0.29) is 0 Å². The van der Waals surface area contributed by atoms with E-state index in [4.69, 9.17) is 5.11 Å². The summed E-state index contributed by atoms with van der Waals surface area (Å²) >= 11 is 0. The highest BCUT2D eigenvalue weighted by Crippen LogP contribution is 2.26. The molecule has 1 aliphatic carbocycles. The van der Waals surface area contributed by atoms with Crippen molar-refractivity contribution in [1.29, 1.82) is 0 Å². The fraction of sp³-hybridized carbons (Fsp3) is 0.647. The van der Waals surface area contributed by atoms with Crippen molar-refractivity contribution in [3.63, 3.8) is 0 Å². The van der Waals surface area contributed by atoms with Crippen LogP contribution in [0, 0.1) is 0 Å². The standard InChI is InChI=1S/C16H24N2.CH4O/c1-2-6-14(5-1)18-15-10-8-13(9-11-15)16-7-3-4-12-17-16;1-2/h8-11,14,16-18H,1-7,12H2;2H,1H3. The van der Waals surface area contributed by atoms with E-state index in [1.54, 1.807) is 0 Å². The molecule has 2 fully saturated rings. The van der Waals surface area contributed by atoms with E-state index in [2.05, 4.69) is 34.9 Å². The smallest absolute Gasteiger partial charge is 0.0342 e. The van der Waals surface area contributed by atoms with Crippen LogP contribution in [-0.2, 0) is 0 Å². The first kappa shape index (κ1) is 15.3. The Labute approximate surface area is 122 Å². The molecule has 1 saturated heterocycles. The number of benzene rings is 1. The van der Waals surface area contributed by atoms with Gasteiger partial charge in [0.25, 0.3) is 0 Å². The van der Waals surface area contributed by atoms with Gasteiger partial charge in [-0.3, -0.25) is 0 Å². The molecule has 0 amide bonds. The van der Waals surface area contributed by atoms with Gasteiger partial charge in [0, 0.05) is 24.9 Å². The summed E-state index contributed by atoms with van der Waals surface area (Å²) in [5, 5.41) is 14.3. The number of hydrogen-bond donors (Lipinski definition) is 3. The quantitative estimate of drug-likeness (QED) is 0.792. The van der Waals surface area contributed by atoms with Gasteiger partial charge in [0.2, 0.25) is 0 Å². The van der Waals surface area contributed by atoms with Crippen molar-refractivity contribution in [3.8, 4) is 0 Å². The number of piperidine rings is 1. The molecule has 1 aliphatic heterocycles. The summed E-state index contributed by atoms with van der Waals surface area (Å²) < 4.78 is 0. The predicted octanol–water partition coefficient (Wildman–Crippen LogP) is 3.46. The van der Waals surface area contributed by atoms with Gasteiger partial charge in [0.1, 0.15) is 0 Å². The summed E-state index contributed by atoms with van der Waals surface area (Å²) in [6.45, 7) is 1.17. The Kier molecular flexibility index (Phi) is 6.34. The number of hydrogen-bond acceptors (Lipinski definition) is 3. The highest BCUT2D eigenvalue weighted by Gasteiger charge is 2.16. The topological polar surface area (TPSA) is 44.3 Å². The fourth-order valence-corrected chi connectivity index (χ4v) is 3.25. The van der Waals surface area contributed by atoms with E-state index in [0.717, 1.165) is 7.11 Å². The highest BCUT2D eigenvalue weighted by molar-refractivity contribution is 5.46. The zero-order valence-electron chi connectivity index (χ0n) is 12.6. The molecule has 1 aromatic rings. The van der Waals surface area contributed by atoms with Crippen LogP contribution in [0.2, 0.25) is 0 Å². The van der Waals surface area contributed by atoms with E-state index in [1.807, 2.05) is 0 Å². The van der Waals surface area contributed by atoms with Gasteiger partial charge in [0.15, 0.2) is 0 Å². The van der Waals surface area contributed by atoms with E-state index in [9.17, 15) is 0 Å². The monoisotopic (exact) mass is 276 g/mol. The van der Waals surface area contributed by atoms with Crippen LogP contribution in [0.5, 0.6) is 0 Å². The molecule has 1 atom stereocenters. The average molecular weight is 276 g/mol. The Morgan fingerprint density at radius 2 is 1.60 bits per heavy atom. The van der Waals surface area contributed by atoms with Crippen molar-refractivity contribution in [3.05, 3.63) is 29.8 Å². The summed E-state index contributed by atoms with van der Waals surface area (Å²) in [5.41, 5.74) is 2.74. The number of aliphatic hydroxyl groups excluding tert-OH is 1. The van der Waals surface area contributed by atoms with Gasteiger partial charge in [-0.25, -0.2) is 0 Å². The Morgan fingerprint density at radius 1 is 0.950 bits per heavy atom. The number of nitrogens with one attached hydrogen (secondary N) is 2. The lowest BCUT2D eigenvalue weighted by Gasteiger charge is -2.24. The fourth-order valence-electron chi connectivity index (χ4n) is 3.25. The van der Waals surface area contributed by atoms with Gasteiger partial charge in [-0.05, 0) is 49.9 Å². The summed E-state index contributed by atoms with van der Waals surface area (Å²) in [6, 6.07) is 10.4. The third-order valence-corrected chi connectivity index (χ3v) is 4.35. The molecular formula is C17H28N2O. The van der Waals surface area contributed by atoms with Crippen molar-refractivity contribution in [2.45, 2.75) is 57.0 Å². The Balaban J connectivity index is 0.000000704. The summed E-state index contributed by atoms with van der Waals surface area (Å²) in [5.74, 6) is 0. The Morgan fingerprint density at radius 3 is 2.20 bits per heavy atom. The van der Waals surface area contributed by atoms with Crippen molar-refractivity contribution in [1.82, 2.24) is 5.32 Å². The number of rotatable bonds is 3. The van der Waals surface area contributed by atoms with E-state index in [0.29, 0.717) is 12.1 Å². The molecule has 1 aromatic carbocycles. The van der Waals surface area contributed by atoms with Gasteiger partial charge in [-0.1, -0.05) is 31.4 Å². The second-order valence-corrected chi connectivity index (χ2v) is 5.75. The minimum absolute atomic E-state index is 0.583. The zero-order valence-corrected chi connectivity index (χ0v) is 12.6. The molecule has 20 heavy (non-hydrogen) atoms. The lowest BCUT2D eigenvalue weighted by Crippen LogP contribution is -2.26. The maximum atomic E-state index is 7.00. The van der Waals surface area contributed by atoms with Gasteiger partial charge >= 0.3 is 0 Å². The normalized spacial score (nSPS) is 23.0. The second-order valence-electron chi connectivity index (χ2n) is 5.75. The molecule has 3 nitrogen and oxygen atoms in total. The second kappa shape index (κ2) is 8.28. The van der Waals surface area contributed by atoms with Gasteiger partial charge in [0.05, 0.1) is 0 Å². The van der Waals surface area contributed by atoms with Crippen molar-refractivity contribution >= 4 is 5.69 Å². The van der Waals surface area contributed by atoms with Crippen LogP contribution in [0.4, 0.5) is 5.69 Å². The van der Waals surface area contributed by atoms with E-state index >= 15 is 0 Å². The van der Waals surface area contributed by atoms with Gasteiger partial charge in [-0.2, -0.15) is 0 Å². The van der Waals surface area contributed by atoms with E-state index < -0.39 is 0 Å². The average Bonchev–Trinajstić information content (AvgIpc) is 3.04. The van der Waals surface area contributed by atoms with Crippen LogP contribution in [-0.4, -0.2) is 24.8 Å². The maximum absolute atomic E-state index is 7.00. The molecule has 1 saturated carbocycles. The van der Waals surface area contributed by atoms with E-state index in [1.165, 1.54) is 62.7 Å². The molecule has 112 valence electrons. The Hall–Kier alpha value is -1.06. The summed E-state index contributed by atoms with van der Waals surface area (Å²) in [6.07, 6.45) is 9.44. The molecule has 0 aromatic heterocycles. The predicted molar refractivity (Wildman–Crippen MR) is 85.1 cm³/mol. The summed E-state index contributed by atoms with van der Waals surface area (Å²) in [4.78, 5) is 0. The first-order chi connectivity index (χ1) is 9.92.